The van der Waals surface area contributed by atoms with Crippen LogP contribution in [0, 0.1) is 6.92 Å². The van der Waals surface area contributed by atoms with Crippen LogP contribution in [0.15, 0.2) is 65.6 Å². The highest BCUT2D eigenvalue weighted by Gasteiger charge is 2.34. The zero-order chi connectivity index (χ0) is 28.9. The minimum absolute atomic E-state index is 0.0134. The first-order chi connectivity index (χ1) is 18.4. The number of amides is 2. The van der Waals surface area contributed by atoms with E-state index in [9.17, 15) is 18.0 Å². The molecule has 0 aliphatic carbocycles. The minimum atomic E-state index is -4.29. The number of rotatable bonds is 10. The van der Waals surface area contributed by atoms with E-state index in [2.05, 4.69) is 5.32 Å². The second-order valence-electron chi connectivity index (χ2n) is 8.71. The molecule has 0 spiro atoms. The van der Waals surface area contributed by atoms with Gasteiger partial charge in [-0.3, -0.25) is 13.9 Å². The van der Waals surface area contributed by atoms with Crippen LogP contribution in [0.4, 0.5) is 5.69 Å². The van der Waals surface area contributed by atoms with Crippen LogP contribution in [0.5, 0.6) is 0 Å². The molecule has 3 rings (SSSR count). The van der Waals surface area contributed by atoms with Gasteiger partial charge in [-0.2, -0.15) is 0 Å². The van der Waals surface area contributed by atoms with Crippen molar-refractivity contribution in [1.29, 1.82) is 0 Å². The summed E-state index contributed by atoms with van der Waals surface area (Å²) in [7, 11) is -4.29. The van der Waals surface area contributed by atoms with Gasteiger partial charge in [-0.15, -0.1) is 0 Å². The molecule has 7 nitrogen and oxygen atoms in total. The van der Waals surface area contributed by atoms with Crippen LogP contribution in [0.3, 0.4) is 0 Å². The predicted octanol–water partition coefficient (Wildman–Crippen LogP) is 6.36. The highest BCUT2D eigenvalue weighted by atomic mass is 35.5. The van der Waals surface area contributed by atoms with Gasteiger partial charge < -0.3 is 10.2 Å². The fraction of sp³-hybridized carbons (Fsp3) is 0.259. The van der Waals surface area contributed by atoms with E-state index in [0.717, 1.165) is 9.87 Å². The van der Waals surface area contributed by atoms with E-state index < -0.39 is 34.4 Å². The largest absolute Gasteiger partial charge is 0.355 e. The van der Waals surface area contributed by atoms with Crippen LogP contribution in [0.2, 0.25) is 20.1 Å². The number of nitrogens with zero attached hydrogens (tertiary/aromatic N) is 2. The van der Waals surface area contributed by atoms with Gasteiger partial charge in [-0.25, -0.2) is 8.42 Å². The number of benzene rings is 3. The Hall–Kier alpha value is -2.49. The van der Waals surface area contributed by atoms with E-state index >= 15 is 0 Å². The highest BCUT2D eigenvalue weighted by molar-refractivity contribution is 7.92. The molecule has 12 heteroatoms. The van der Waals surface area contributed by atoms with E-state index in [1.165, 1.54) is 35.2 Å². The van der Waals surface area contributed by atoms with E-state index in [4.69, 9.17) is 46.4 Å². The van der Waals surface area contributed by atoms with Crippen molar-refractivity contribution < 1.29 is 18.0 Å². The lowest BCUT2D eigenvalue weighted by molar-refractivity contribution is -0.139. The zero-order valence-electron chi connectivity index (χ0n) is 21.4. The van der Waals surface area contributed by atoms with Crippen LogP contribution in [-0.2, 0) is 26.2 Å². The van der Waals surface area contributed by atoms with Crippen LogP contribution in [0.1, 0.15) is 25.0 Å². The predicted molar refractivity (Wildman–Crippen MR) is 157 cm³/mol. The summed E-state index contributed by atoms with van der Waals surface area (Å²) in [5, 5.41) is 3.58. The van der Waals surface area contributed by atoms with Crippen molar-refractivity contribution in [3.05, 3.63) is 91.9 Å². The molecule has 0 aliphatic heterocycles. The molecule has 1 N–H and O–H groups in total. The van der Waals surface area contributed by atoms with E-state index in [1.807, 2.05) is 6.92 Å². The van der Waals surface area contributed by atoms with Crippen molar-refractivity contribution in [1.82, 2.24) is 10.2 Å². The molecule has 0 aromatic heterocycles. The van der Waals surface area contributed by atoms with Gasteiger partial charge in [0.25, 0.3) is 10.0 Å². The standard InChI is InChI=1S/C27H27Cl4N3O4S/c1-4-32-27(36)18(3)33(15-21-22(29)6-5-7-23(21)30)26(35)16-34(25-14-19(28)10-13-24(25)31)39(37,38)20-11-8-17(2)9-12-20/h5-14,18H,4,15-16H2,1-3H3,(H,32,36)/t18-/m0/s1. The number of hydrogen-bond donors (Lipinski definition) is 1. The van der Waals surface area contributed by atoms with Gasteiger partial charge in [0, 0.05) is 33.7 Å². The third-order valence-electron chi connectivity index (χ3n) is 5.97. The fourth-order valence-electron chi connectivity index (χ4n) is 3.79. The molecule has 1 atom stereocenters. The van der Waals surface area contributed by atoms with Crippen LogP contribution < -0.4 is 9.62 Å². The van der Waals surface area contributed by atoms with Gasteiger partial charge in [0.15, 0.2) is 0 Å². The number of aryl methyl sites for hydroxylation is 1. The molecule has 3 aromatic rings. The Morgan fingerprint density at radius 1 is 0.923 bits per heavy atom. The Balaban J connectivity index is 2.11. The molecule has 208 valence electrons. The van der Waals surface area contributed by atoms with Gasteiger partial charge in [0.1, 0.15) is 12.6 Å². The summed E-state index contributed by atoms with van der Waals surface area (Å²) in [4.78, 5) is 27.9. The molecule has 39 heavy (non-hydrogen) atoms. The van der Waals surface area contributed by atoms with Gasteiger partial charge in [-0.1, -0.05) is 70.2 Å². The minimum Gasteiger partial charge on any atom is -0.355 e. The molecule has 0 fully saturated rings. The highest BCUT2D eigenvalue weighted by Crippen LogP contribution is 2.34. The number of carbonyl (C=O) groups is 2. The quantitative estimate of drug-likeness (QED) is 0.283. The number of hydrogen-bond acceptors (Lipinski definition) is 4. The van der Waals surface area contributed by atoms with Gasteiger partial charge >= 0.3 is 0 Å². The molecule has 0 heterocycles. The van der Waals surface area contributed by atoms with Gasteiger partial charge in [0.2, 0.25) is 11.8 Å². The first-order valence-corrected chi connectivity index (χ1v) is 14.9. The number of likely N-dealkylation sites (N-methyl/N-ethyl adjacent to an activating group) is 1. The lowest BCUT2D eigenvalue weighted by Gasteiger charge is -2.32. The number of halogens is 4. The summed E-state index contributed by atoms with van der Waals surface area (Å²) >= 11 is 25.3. The van der Waals surface area contributed by atoms with E-state index in [1.54, 1.807) is 44.2 Å². The molecular weight excluding hydrogens is 604 g/mol. The third-order valence-corrected chi connectivity index (χ3v) is 9.01. The normalized spacial score (nSPS) is 12.1. The van der Waals surface area contributed by atoms with Crippen LogP contribution in [-0.4, -0.2) is 44.3 Å². The van der Waals surface area contributed by atoms with Crippen LogP contribution in [0.25, 0.3) is 0 Å². The van der Waals surface area contributed by atoms with Crippen molar-refractivity contribution in [2.24, 2.45) is 0 Å². The molecule has 0 unspecified atom stereocenters. The summed E-state index contributed by atoms with van der Waals surface area (Å²) in [6.07, 6.45) is 0. The maximum Gasteiger partial charge on any atom is 0.264 e. The second kappa shape index (κ2) is 13.2. The summed E-state index contributed by atoms with van der Waals surface area (Å²) in [6.45, 7) is 4.63. The average Bonchev–Trinajstić information content (AvgIpc) is 2.88. The molecule has 0 saturated heterocycles. The summed E-state index contributed by atoms with van der Waals surface area (Å²) in [6, 6.07) is 14.4. The smallest absolute Gasteiger partial charge is 0.264 e. The Bertz CT molecular complexity index is 1450. The first kappa shape index (κ1) is 31.0. The molecule has 3 aromatic carbocycles. The zero-order valence-corrected chi connectivity index (χ0v) is 25.3. The number of sulfonamides is 1. The van der Waals surface area contributed by atoms with Crippen molar-refractivity contribution in [2.45, 2.75) is 38.3 Å². The molecule has 0 aliphatic rings. The molecular formula is C27H27Cl4N3O4S. The lowest BCUT2D eigenvalue weighted by Crippen LogP contribution is -2.51. The first-order valence-electron chi connectivity index (χ1n) is 11.9. The number of carbonyl (C=O) groups excluding carboxylic acids is 2. The summed E-state index contributed by atoms with van der Waals surface area (Å²) < 4.78 is 28.6. The number of anilines is 1. The lowest BCUT2D eigenvalue weighted by atomic mass is 10.1. The van der Waals surface area contributed by atoms with E-state index in [-0.39, 0.29) is 27.2 Å². The SMILES string of the molecule is CCNC(=O)[C@H](C)N(Cc1c(Cl)cccc1Cl)C(=O)CN(c1cc(Cl)ccc1Cl)S(=O)(=O)c1ccc(C)cc1. The van der Waals surface area contributed by atoms with Crippen molar-refractivity contribution in [2.75, 3.05) is 17.4 Å². The Labute approximate surface area is 248 Å². The molecule has 0 radical (unpaired) electrons. The summed E-state index contributed by atoms with van der Waals surface area (Å²) in [5.41, 5.74) is 1.29. The average molecular weight is 631 g/mol. The van der Waals surface area contributed by atoms with Gasteiger partial charge in [-0.05, 0) is 63.2 Å². The van der Waals surface area contributed by atoms with Crippen molar-refractivity contribution >= 4 is 73.9 Å². The maximum absolute atomic E-state index is 13.9. The third kappa shape index (κ3) is 7.38. The Kier molecular flexibility index (Phi) is 10.5. The molecule has 0 bridgehead atoms. The molecule has 0 saturated carbocycles. The van der Waals surface area contributed by atoms with Crippen molar-refractivity contribution in [3.63, 3.8) is 0 Å². The monoisotopic (exact) mass is 629 g/mol. The maximum atomic E-state index is 13.9. The summed E-state index contributed by atoms with van der Waals surface area (Å²) in [5.74, 6) is -1.11. The topological polar surface area (TPSA) is 86.8 Å². The second-order valence-corrected chi connectivity index (χ2v) is 12.2. The number of nitrogens with one attached hydrogen (secondary N) is 1. The van der Waals surface area contributed by atoms with Gasteiger partial charge in [0.05, 0.1) is 15.6 Å². The van der Waals surface area contributed by atoms with Crippen LogP contribution >= 0.6 is 46.4 Å². The Morgan fingerprint density at radius 3 is 2.13 bits per heavy atom. The fourth-order valence-corrected chi connectivity index (χ4v) is 6.16. The van der Waals surface area contributed by atoms with Crippen molar-refractivity contribution in [3.8, 4) is 0 Å². The molecule has 2 amide bonds. The van der Waals surface area contributed by atoms with E-state index in [0.29, 0.717) is 22.2 Å². The Morgan fingerprint density at radius 2 is 1.54 bits per heavy atom.